The van der Waals surface area contributed by atoms with E-state index in [4.69, 9.17) is 9.47 Å². The third-order valence-corrected chi connectivity index (χ3v) is 7.19. The number of hydrogen-bond donors (Lipinski definition) is 0. The van der Waals surface area contributed by atoms with Gasteiger partial charge in [0, 0.05) is 30.1 Å². The molecule has 2 aliphatic rings. The Kier molecular flexibility index (Phi) is 6.77. The highest BCUT2D eigenvalue weighted by molar-refractivity contribution is 5.84. The van der Waals surface area contributed by atoms with Gasteiger partial charge in [0.25, 0.3) is 0 Å². The van der Waals surface area contributed by atoms with E-state index in [1.165, 1.54) is 11.6 Å². The SMILES string of the molecule is CCOC(=O)Cc1ccc(OC)c(-c2c(F)ccc3c2CN(C(=O)[C@@H]2C[C@H]2c2ccccc2)CC3)c1. The molecule has 0 N–H and O–H groups in total. The van der Waals surface area contributed by atoms with Gasteiger partial charge in [0.1, 0.15) is 11.6 Å². The van der Waals surface area contributed by atoms with Gasteiger partial charge in [0.15, 0.2) is 0 Å². The zero-order valence-corrected chi connectivity index (χ0v) is 20.6. The molecule has 0 aromatic heterocycles. The summed E-state index contributed by atoms with van der Waals surface area (Å²) in [7, 11) is 1.55. The number of halogens is 1. The molecule has 1 heterocycles. The van der Waals surface area contributed by atoms with Crippen LogP contribution in [0, 0.1) is 11.7 Å². The lowest BCUT2D eigenvalue weighted by atomic mass is 9.89. The van der Waals surface area contributed by atoms with Gasteiger partial charge in [-0.3, -0.25) is 9.59 Å². The molecule has 2 atom stereocenters. The summed E-state index contributed by atoms with van der Waals surface area (Å²) < 4.78 is 26.1. The molecular formula is C30H30FNO4. The van der Waals surface area contributed by atoms with E-state index in [2.05, 4.69) is 12.1 Å². The number of benzene rings is 3. The van der Waals surface area contributed by atoms with Gasteiger partial charge in [0.05, 0.1) is 20.1 Å². The summed E-state index contributed by atoms with van der Waals surface area (Å²) in [4.78, 5) is 27.3. The van der Waals surface area contributed by atoms with Crippen molar-refractivity contribution < 1.29 is 23.5 Å². The van der Waals surface area contributed by atoms with E-state index >= 15 is 4.39 Å². The summed E-state index contributed by atoms with van der Waals surface area (Å²) in [6.45, 7) is 3.04. The Morgan fingerprint density at radius 2 is 1.89 bits per heavy atom. The van der Waals surface area contributed by atoms with Gasteiger partial charge in [-0.2, -0.15) is 0 Å². The number of hydrogen-bond acceptors (Lipinski definition) is 4. The van der Waals surface area contributed by atoms with Crippen LogP contribution in [0.2, 0.25) is 0 Å². The van der Waals surface area contributed by atoms with Crippen LogP contribution in [-0.4, -0.2) is 37.0 Å². The lowest BCUT2D eigenvalue weighted by Gasteiger charge is -2.31. The maximum Gasteiger partial charge on any atom is 0.310 e. The van der Waals surface area contributed by atoms with Crippen LogP contribution in [0.1, 0.15) is 41.5 Å². The van der Waals surface area contributed by atoms with Crippen molar-refractivity contribution in [2.75, 3.05) is 20.3 Å². The normalized spacial score (nSPS) is 18.4. The maximum absolute atomic E-state index is 15.4. The standard InChI is InChI=1S/C30H30FNO4/c1-3-36-28(33)16-19-9-12-27(35-2)24(15-19)29-25-18-32(14-13-21(25)10-11-26(29)31)30(34)23-17-22(23)20-7-5-4-6-8-20/h4-12,15,22-23H,3,13-14,16-18H2,1-2H3/t22-,23+/m0/s1. The van der Waals surface area contributed by atoms with E-state index in [9.17, 15) is 9.59 Å². The van der Waals surface area contributed by atoms with Crippen molar-refractivity contribution in [1.82, 2.24) is 4.90 Å². The van der Waals surface area contributed by atoms with Crippen molar-refractivity contribution in [3.05, 3.63) is 88.7 Å². The van der Waals surface area contributed by atoms with Crippen molar-refractivity contribution >= 4 is 11.9 Å². The fraction of sp³-hybridized carbons (Fsp3) is 0.333. The third kappa shape index (κ3) is 4.72. The fourth-order valence-corrected chi connectivity index (χ4v) is 5.29. The largest absolute Gasteiger partial charge is 0.496 e. The molecule has 186 valence electrons. The highest BCUT2D eigenvalue weighted by Crippen LogP contribution is 2.49. The average Bonchev–Trinajstić information content (AvgIpc) is 3.70. The first-order chi connectivity index (χ1) is 17.5. The van der Waals surface area contributed by atoms with Gasteiger partial charge in [0.2, 0.25) is 5.91 Å². The Bertz CT molecular complexity index is 1290. The molecule has 6 heteroatoms. The van der Waals surface area contributed by atoms with E-state index in [0.29, 0.717) is 48.6 Å². The van der Waals surface area contributed by atoms with Crippen molar-refractivity contribution in [2.24, 2.45) is 5.92 Å². The van der Waals surface area contributed by atoms with Gasteiger partial charge in [-0.15, -0.1) is 0 Å². The smallest absolute Gasteiger partial charge is 0.310 e. The summed E-state index contributed by atoms with van der Waals surface area (Å²) in [5, 5.41) is 0. The van der Waals surface area contributed by atoms with Crippen LogP contribution in [0.4, 0.5) is 4.39 Å². The Balaban J connectivity index is 1.44. The predicted octanol–water partition coefficient (Wildman–Crippen LogP) is 5.30. The first-order valence-electron chi connectivity index (χ1n) is 12.5. The van der Waals surface area contributed by atoms with Crippen LogP contribution in [0.25, 0.3) is 11.1 Å². The second-order valence-corrected chi connectivity index (χ2v) is 9.45. The minimum absolute atomic E-state index is 0.0200. The molecule has 0 unspecified atom stereocenters. The summed E-state index contributed by atoms with van der Waals surface area (Å²) in [6, 6.07) is 18.8. The molecule has 0 bridgehead atoms. The highest BCUT2D eigenvalue weighted by atomic mass is 19.1. The number of rotatable bonds is 7. The summed E-state index contributed by atoms with van der Waals surface area (Å²) in [6.07, 6.45) is 1.61. The molecule has 1 fully saturated rings. The zero-order valence-electron chi connectivity index (χ0n) is 20.6. The number of ether oxygens (including phenoxy) is 2. The van der Waals surface area contributed by atoms with E-state index in [1.54, 1.807) is 32.2 Å². The van der Waals surface area contributed by atoms with E-state index in [0.717, 1.165) is 17.5 Å². The molecule has 1 saturated carbocycles. The van der Waals surface area contributed by atoms with Crippen LogP contribution in [0.15, 0.2) is 60.7 Å². The number of amides is 1. The minimum atomic E-state index is -0.372. The highest BCUT2D eigenvalue weighted by Gasteiger charge is 2.46. The Hall–Kier alpha value is -3.67. The molecular weight excluding hydrogens is 457 g/mol. The first kappa shape index (κ1) is 24.0. The Labute approximate surface area is 210 Å². The number of methoxy groups -OCH3 is 1. The van der Waals surface area contributed by atoms with Crippen LogP contribution < -0.4 is 4.74 Å². The van der Waals surface area contributed by atoms with Crippen molar-refractivity contribution in [2.45, 2.75) is 38.6 Å². The fourth-order valence-electron chi connectivity index (χ4n) is 5.29. The molecule has 0 radical (unpaired) electrons. The molecule has 1 amide bonds. The average molecular weight is 488 g/mol. The summed E-state index contributed by atoms with van der Waals surface area (Å²) >= 11 is 0. The van der Waals surface area contributed by atoms with Gasteiger partial charge in [-0.25, -0.2) is 4.39 Å². The van der Waals surface area contributed by atoms with Crippen LogP contribution in [-0.2, 0) is 33.7 Å². The first-order valence-corrected chi connectivity index (χ1v) is 12.5. The monoisotopic (exact) mass is 487 g/mol. The lowest BCUT2D eigenvalue weighted by molar-refractivity contribution is -0.142. The summed E-state index contributed by atoms with van der Waals surface area (Å²) in [5.41, 5.74) is 4.76. The minimum Gasteiger partial charge on any atom is -0.496 e. The van der Waals surface area contributed by atoms with Crippen LogP contribution in [0.5, 0.6) is 5.75 Å². The second-order valence-electron chi connectivity index (χ2n) is 9.45. The van der Waals surface area contributed by atoms with Crippen LogP contribution >= 0.6 is 0 Å². The molecule has 1 aliphatic carbocycles. The maximum atomic E-state index is 15.4. The van der Waals surface area contributed by atoms with Gasteiger partial charge in [-0.1, -0.05) is 42.5 Å². The lowest BCUT2D eigenvalue weighted by Crippen LogP contribution is -2.37. The summed E-state index contributed by atoms with van der Waals surface area (Å²) in [5.74, 6) is 0.180. The number of fused-ring (bicyclic) bond motifs is 1. The number of nitrogens with zero attached hydrogens (tertiary/aromatic N) is 1. The number of carbonyl (C=O) groups is 2. The van der Waals surface area contributed by atoms with Gasteiger partial charge < -0.3 is 14.4 Å². The predicted molar refractivity (Wildman–Crippen MR) is 135 cm³/mol. The molecule has 0 spiro atoms. The molecule has 1 aliphatic heterocycles. The van der Waals surface area contributed by atoms with E-state index in [-0.39, 0.29) is 36.0 Å². The molecule has 3 aromatic rings. The van der Waals surface area contributed by atoms with Crippen molar-refractivity contribution in [1.29, 1.82) is 0 Å². The molecule has 3 aromatic carbocycles. The number of esters is 1. The van der Waals surface area contributed by atoms with E-state index in [1.807, 2.05) is 29.2 Å². The zero-order chi connectivity index (χ0) is 25.2. The van der Waals surface area contributed by atoms with E-state index < -0.39 is 0 Å². The van der Waals surface area contributed by atoms with Gasteiger partial charge >= 0.3 is 5.97 Å². The molecule has 0 saturated heterocycles. The topological polar surface area (TPSA) is 55.8 Å². The number of carbonyl (C=O) groups excluding carboxylic acids is 2. The quantitative estimate of drug-likeness (QED) is 0.425. The van der Waals surface area contributed by atoms with Crippen LogP contribution in [0.3, 0.4) is 0 Å². The Morgan fingerprint density at radius 3 is 2.64 bits per heavy atom. The molecule has 36 heavy (non-hydrogen) atoms. The van der Waals surface area contributed by atoms with Gasteiger partial charge in [-0.05, 0) is 66.1 Å². The Morgan fingerprint density at radius 1 is 1.08 bits per heavy atom. The van der Waals surface area contributed by atoms with Crippen molar-refractivity contribution in [3.63, 3.8) is 0 Å². The molecule has 5 nitrogen and oxygen atoms in total. The third-order valence-electron chi connectivity index (χ3n) is 7.19. The second kappa shape index (κ2) is 10.1. The van der Waals surface area contributed by atoms with Crippen molar-refractivity contribution in [3.8, 4) is 16.9 Å². The molecule has 5 rings (SSSR count).